The maximum Gasteiger partial charge on any atom is 0.139 e. The van der Waals surface area contributed by atoms with Crippen LogP contribution < -0.4 is 21.9 Å². The Morgan fingerprint density at radius 1 is 1.14 bits per heavy atom. The van der Waals surface area contributed by atoms with Gasteiger partial charge in [-0.15, -0.1) is 0 Å². The van der Waals surface area contributed by atoms with Crippen molar-refractivity contribution in [3.05, 3.63) is 22.6 Å². The van der Waals surface area contributed by atoms with Crippen LogP contribution in [0.15, 0.2) is 12.1 Å². The predicted octanol–water partition coefficient (Wildman–Crippen LogP) is -1.76. The number of benzene rings is 1. The Labute approximate surface area is 80.8 Å². The van der Waals surface area contributed by atoms with Crippen molar-refractivity contribution in [2.24, 2.45) is 5.73 Å². The summed E-state index contributed by atoms with van der Waals surface area (Å²) in [6.45, 7) is 0. The number of hydrogen-bond donors (Lipinski definition) is 4. The minimum atomic E-state index is -0.703. The largest absolute Gasteiger partial charge is 0.506 e. The third-order valence-corrected chi connectivity index (χ3v) is 2.35. The molecule has 74 valence electrons. The lowest BCUT2D eigenvalue weighted by Gasteiger charge is -2.15. The van der Waals surface area contributed by atoms with Crippen LogP contribution in [0.25, 0.3) is 12.2 Å². The molecule has 4 heteroatoms. The van der Waals surface area contributed by atoms with Crippen molar-refractivity contribution in [1.82, 2.24) is 0 Å². The fraction of sp³-hybridized carbons (Fsp3) is 0.200. The summed E-state index contributed by atoms with van der Waals surface area (Å²) < 4.78 is 0. The van der Waals surface area contributed by atoms with E-state index in [-0.39, 0.29) is 5.75 Å². The number of nitrogens with two attached hydrogens (primary N) is 2. The molecule has 0 aromatic heterocycles. The van der Waals surface area contributed by atoms with Gasteiger partial charge in [0.15, 0.2) is 0 Å². The Balaban J connectivity index is 2.74. The second-order valence-electron chi connectivity index (χ2n) is 3.44. The van der Waals surface area contributed by atoms with Crippen LogP contribution >= 0.6 is 0 Å². The summed E-state index contributed by atoms with van der Waals surface area (Å²) in [6, 6.07) is 2.76. The van der Waals surface area contributed by atoms with E-state index in [2.05, 4.69) is 0 Å². The highest BCUT2D eigenvalue weighted by molar-refractivity contribution is 5.57. The zero-order valence-electron chi connectivity index (χ0n) is 7.51. The molecule has 2 unspecified atom stereocenters. The number of hydrogen-bond acceptors (Lipinski definition) is 4. The summed E-state index contributed by atoms with van der Waals surface area (Å²) in [5.74, 6) is 0.0241. The van der Waals surface area contributed by atoms with Crippen molar-refractivity contribution in [1.29, 1.82) is 0 Å². The lowest BCUT2D eigenvalue weighted by molar-refractivity contribution is 0.226. The molecule has 1 aliphatic carbocycles. The number of phenolic OH excluding ortho intramolecular Hbond substituents is 1. The first-order chi connectivity index (χ1) is 6.58. The van der Waals surface area contributed by atoms with Gasteiger partial charge in [0.25, 0.3) is 0 Å². The molecule has 0 spiro atoms. The van der Waals surface area contributed by atoms with Gasteiger partial charge in [-0.1, -0.05) is 6.08 Å². The topological polar surface area (TPSA) is 92.5 Å². The molecular formula is C10H12N2O2. The van der Waals surface area contributed by atoms with Gasteiger partial charge in [-0.25, -0.2) is 0 Å². The molecule has 0 heterocycles. The monoisotopic (exact) mass is 192 g/mol. The van der Waals surface area contributed by atoms with Crippen LogP contribution in [0.1, 0.15) is 0 Å². The van der Waals surface area contributed by atoms with Gasteiger partial charge < -0.3 is 21.7 Å². The van der Waals surface area contributed by atoms with Gasteiger partial charge in [0.05, 0.1) is 17.8 Å². The van der Waals surface area contributed by atoms with Gasteiger partial charge >= 0.3 is 0 Å². The number of phenols is 1. The number of anilines is 1. The van der Waals surface area contributed by atoms with E-state index in [0.717, 1.165) is 10.4 Å². The quantitative estimate of drug-likeness (QED) is 0.289. The number of aliphatic hydroxyl groups is 1. The van der Waals surface area contributed by atoms with Crippen molar-refractivity contribution in [3.63, 3.8) is 0 Å². The molecule has 0 radical (unpaired) electrons. The summed E-state index contributed by atoms with van der Waals surface area (Å²) in [5, 5.41) is 20.4. The first-order valence-electron chi connectivity index (χ1n) is 4.34. The maximum atomic E-state index is 9.46. The van der Waals surface area contributed by atoms with Gasteiger partial charge in [0.1, 0.15) is 5.75 Å². The maximum absolute atomic E-state index is 9.46. The fourth-order valence-electron chi connectivity index (χ4n) is 1.53. The normalized spacial score (nSPS) is 24.7. The Morgan fingerprint density at radius 2 is 1.79 bits per heavy atom. The molecule has 14 heavy (non-hydrogen) atoms. The van der Waals surface area contributed by atoms with Crippen molar-refractivity contribution in [2.45, 2.75) is 12.1 Å². The average molecular weight is 192 g/mol. The van der Waals surface area contributed by atoms with E-state index < -0.39 is 12.1 Å². The molecule has 4 nitrogen and oxygen atoms in total. The van der Waals surface area contributed by atoms with Crippen LogP contribution in [0, 0.1) is 0 Å². The van der Waals surface area contributed by atoms with E-state index in [1.165, 1.54) is 6.07 Å². The van der Waals surface area contributed by atoms with Gasteiger partial charge in [-0.3, -0.25) is 0 Å². The highest BCUT2D eigenvalue weighted by Gasteiger charge is 2.13. The van der Waals surface area contributed by atoms with Crippen LogP contribution in [-0.2, 0) is 0 Å². The average Bonchev–Trinajstić information content (AvgIpc) is 2.11. The molecule has 1 aromatic rings. The highest BCUT2D eigenvalue weighted by atomic mass is 16.3. The molecule has 0 saturated carbocycles. The molecule has 1 aliphatic rings. The van der Waals surface area contributed by atoms with E-state index in [4.69, 9.17) is 11.5 Å². The molecule has 2 atom stereocenters. The van der Waals surface area contributed by atoms with E-state index in [9.17, 15) is 10.2 Å². The molecule has 6 N–H and O–H groups in total. The third-order valence-electron chi connectivity index (χ3n) is 2.35. The number of nitrogen functional groups attached to an aromatic ring is 1. The van der Waals surface area contributed by atoms with Crippen LogP contribution in [0.3, 0.4) is 0 Å². The van der Waals surface area contributed by atoms with Crippen LogP contribution in [0.5, 0.6) is 5.75 Å². The van der Waals surface area contributed by atoms with Gasteiger partial charge in [-0.05, 0) is 28.6 Å². The first kappa shape index (κ1) is 9.05. The van der Waals surface area contributed by atoms with Crippen molar-refractivity contribution < 1.29 is 10.2 Å². The fourth-order valence-corrected chi connectivity index (χ4v) is 1.53. The predicted molar refractivity (Wildman–Crippen MR) is 54.7 cm³/mol. The zero-order chi connectivity index (χ0) is 10.3. The summed E-state index contributed by atoms with van der Waals surface area (Å²) >= 11 is 0. The van der Waals surface area contributed by atoms with E-state index in [1.807, 2.05) is 0 Å². The molecule has 0 fully saturated rings. The summed E-state index contributed by atoms with van der Waals surface area (Å²) in [4.78, 5) is 0. The Hall–Kier alpha value is -1.52. The zero-order valence-corrected chi connectivity index (χ0v) is 7.51. The number of fused-ring (bicyclic) bond motifs is 1. The van der Waals surface area contributed by atoms with Gasteiger partial charge in [0, 0.05) is 0 Å². The number of aliphatic hydroxyl groups excluding tert-OH is 1. The smallest absolute Gasteiger partial charge is 0.139 e. The summed E-state index contributed by atoms with van der Waals surface area (Å²) in [7, 11) is 0. The SMILES string of the molecule is Nc1cc2c(cc1O)=CC(O)C(N)C=2. The molecule has 1 aromatic carbocycles. The number of aromatic hydroxyl groups is 1. The second kappa shape index (κ2) is 3.01. The van der Waals surface area contributed by atoms with Gasteiger partial charge in [0.2, 0.25) is 0 Å². The minimum Gasteiger partial charge on any atom is -0.506 e. The van der Waals surface area contributed by atoms with Crippen LogP contribution in [-0.4, -0.2) is 22.4 Å². The summed E-state index contributed by atoms with van der Waals surface area (Å²) in [6.07, 6.45) is 2.64. The number of rotatable bonds is 0. The van der Waals surface area contributed by atoms with Crippen molar-refractivity contribution in [2.75, 3.05) is 5.73 Å². The van der Waals surface area contributed by atoms with Crippen molar-refractivity contribution >= 4 is 17.8 Å². The van der Waals surface area contributed by atoms with Crippen molar-refractivity contribution in [3.8, 4) is 5.75 Å². The first-order valence-corrected chi connectivity index (χ1v) is 4.34. The molecule has 0 bridgehead atoms. The highest BCUT2D eigenvalue weighted by Crippen LogP contribution is 2.13. The van der Waals surface area contributed by atoms with E-state index >= 15 is 0 Å². The minimum absolute atomic E-state index is 0.0241. The lowest BCUT2D eigenvalue weighted by atomic mass is 10.0. The van der Waals surface area contributed by atoms with Gasteiger partial charge in [-0.2, -0.15) is 0 Å². The standard InChI is InChI=1S/C10H12N2O2/c11-7-1-5-2-8(12)10(14)4-6(5)3-9(7)13/h1-4,7,9,13-14H,11-12H2. The Bertz CT molecular complexity index is 437. The lowest BCUT2D eigenvalue weighted by Crippen LogP contribution is -2.42. The second-order valence-corrected chi connectivity index (χ2v) is 3.44. The Morgan fingerprint density at radius 3 is 2.50 bits per heavy atom. The molecule has 0 aliphatic heterocycles. The van der Waals surface area contributed by atoms with Crippen LogP contribution in [0.4, 0.5) is 5.69 Å². The third kappa shape index (κ3) is 1.34. The van der Waals surface area contributed by atoms with E-state index in [0.29, 0.717) is 5.69 Å². The van der Waals surface area contributed by atoms with E-state index in [1.54, 1.807) is 18.2 Å². The molecule has 0 amide bonds. The molecule has 0 saturated heterocycles. The van der Waals surface area contributed by atoms with Crippen LogP contribution in [0.2, 0.25) is 0 Å². The molecule has 2 rings (SSSR count). The molecular weight excluding hydrogens is 180 g/mol. The summed E-state index contributed by atoms with van der Waals surface area (Å²) in [5.41, 5.74) is 11.5. The Kier molecular flexibility index (Phi) is 1.94.